The first-order valence-corrected chi connectivity index (χ1v) is 11.9. The fourth-order valence-corrected chi connectivity index (χ4v) is 3.25. The Kier molecular flexibility index (Phi) is 8.80. The summed E-state index contributed by atoms with van der Waals surface area (Å²) in [6.45, 7) is 11.0. The fourth-order valence-electron chi connectivity index (χ4n) is 3.25. The van der Waals surface area contributed by atoms with Crippen molar-refractivity contribution >= 4 is 17.2 Å². The van der Waals surface area contributed by atoms with E-state index in [-0.39, 0.29) is 5.91 Å². The van der Waals surface area contributed by atoms with Crippen LogP contribution in [0, 0.1) is 11.8 Å². The van der Waals surface area contributed by atoms with Crippen LogP contribution >= 0.6 is 0 Å². The Bertz CT molecular complexity index is 1160. The predicted molar refractivity (Wildman–Crippen MR) is 141 cm³/mol. The molecule has 0 radical (unpaired) electrons. The lowest BCUT2D eigenvalue weighted by Gasteiger charge is -2.14. The summed E-state index contributed by atoms with van der Waals surface area (Å²) < 4.78 is 6.14. The van der Waals surface area contributed by atoms with Crippen molar-refractivity contribution in [2.75, 3.05) is 5.32 Å². The zero-order valence-corrected chi connectivity index (χ0v) is 20.7. The average Bonchev–Trinajstić information content (AvgIpc) is 2.84. The molecule has 3 aromatic rings. The number of carbonyl (C=O) groups excluding carboxylic acids is 1. The number of hydrogen-bond acceptors (Lipinski definition) is 3. The number of anilines is 1. The summed E-state index contributed by atoms with van der Waals surface area (Å²) in [4.78, 5) is 17.1. The summed E-state index contributed by atoms with van der Waals surface area (Å²) >= 11 is 0. The van der Waals surface area contributed by atoms with Crippen molar-refractivity contribution in [2.24, 2.45) is 11.8 Å². The van der Waals surface area contributed by atoms with Gasteiger partial charge < -0.3 is 10.1 Å². The number of pyridine rings is 1. The van der Waals surface area contributed by atoms with Gasteiger partial charge in [-0.1, -0.05) is 69.7 Å². The van der Waals surface area contributed by atoms with Crippen LogP contribution in [0.1, 0.15) is 57.1 Å². The number of allylic oxidation sites excluding steroid dienone is 4. The van der Waals surface area contributed by atoms with Gasteiger partial charge in [-0.25, -0.2) is 0 Å². The first kappa shape index (κ1) is 25.0. The third kappa shape index (κ3) is 7.17. The average molecular weight is 455 g/mol. The van der Waals surface area contributed by atoms with Crippen LogP contribution < -0.4 is 10.1 Å². The minimum absolute atomic E-state index is 0.156. The quantitative estimate of drug-likeness (QED) is 0.332. The molecule has 1 aromatic heterocycles. The maximum Gasteiger partial charge on any atom is 0.255 e. The molecule has 0 saturated heterocycles. The molecule has 0 fully saturated rings. The molecule has 176 valence electrons. The largest absolute Gasteiger partial charge is 0.457 e. The van der Waals surface area contributed by atoms with Crippen LogP contribution in [-0.4, -0.2) is 10.9 Å². The number of amides is 1. The number of nitrogens with zero attached hydrogens (tertiary/aromatic N) is 1. The predicted octanol–water partition coefficient (Wildman–Crippen LogP) is 8.16. The Hall–Kier alpha value is -3.66. The molecule has 0 aliphatic heterocycles. The van der Waals surface area contributed by atoms with Crippen LogP contribution in [0.5, 0.6) is 11.5 Å². The zero-order valence-electron chi connectivity index (χ0n) is 20.7. The van der Waals surface area contributed by atoms with Crippen molar-refractivity contribution < 1.29 is 9.53 Å². The molecule has 3 rings (SSSR count). The van der Waals surface area contributed by atoms with Crippen LogP contribution in [0.25, 0.3) is 5.57 Å². The summed E-state index contributed by atoms with van der Waals surface area (Å²) in [7, 11) is 0. The van der Waals surface area contributed by atoms with Gasteiger partial charge in [0.2, 0.25) is 0 Å². The van der Waals surface area contributed by atoms with Crippen molar-refractivity contribution in [3.8, 4) is 11.5 Å². The molecule has 4 nitrogen and oxygen atoms in total. The van der Waals surface area contributed by atoms with E-state index in [4.69, 9.17) is 4.74 Å². The molecular weight excluding hydrogens is 420 g/mol. The highest BCUT2D eigenvalue weighted by molar-refractivity contribution is 6.04. The molecule has 0 saturated carbocycles. The monoisotopic (exact) mass is 454 g/mol. The molecule has 0 aliphatic carbocycles. The normalized spacial score (nSPS) is 13.0. The van der Waals surface area contributed by atoms with Crippen molar-refractivity contribution in [3.05, 3.63) is 102 Å². The second-order valence-electron chi connectivity index (χ2n) is 8.90. The molecule has 0 bridgehead atoms. The molecule has 1 N–H and O–H groups in total. The molecule has 4 heteroatoms. The summed E-state index contributed by atoms with van der Waals surface area (Å²) in [5.74, 6) is 2.15. The number of ether oxygens (including phenoxy) is 1. The van der Waals surface area contributed by atoms with Gasteiger partial charge in [0.25, 0.3) is 5.91 Å². The molecule has 1 heterocycles. The lowest BCUT2D eigenvalue weighted by molar-refractivity contribution is 0.102. The lowest BCUT2D eigenvalue weighted by Crippen LogP contribution is -2.11. The maximum atomic E-state index is 12.5. The van der Waals surface area contributed by atoms with Crippen molar-refractivity contribution in [3.63, 3.8) is 0 Å². The molecule has 0 spiro atoms. The van der Waals surface area contributed by atoms with Gasteiger partial charge in [0.15, 0.2) is 0 Å². The minimum atomic E-state index is -0.156. The van der Waals surface area contributed by atoms with Crippen molar-refractivity contribution in [1.29, 1.82) is 0 Å². The highest BCUT2D eigenvalue weighted by Gasteiger charge is 2.10. The van der Waals surface area contributed by atoms with E-state index in [1.165, 1.54) is 5.57 Å². The van der Waals surface area contributed by atoms with Gasteiger partial charge in [-0.2, -0.15) is 0 Å². The minimum Gasteiger partial charge on any atom is -0.457 e. The first-order valence-electron chi connectivity index (χ1n) is 11.9. The van der Waals surface area contributed by atoms with E-state index in [2.05, 4.69) is 57.1 Å². The summed E-state index contributed by atoms with van der Waals surface area (Å²) in [5, 5.41) is 2.93. The third-order valence-electron chi connectivity index (χ3n) is 5.84. The first-order chi connectivity index (χ1) is 16.4. The number of hydrogen-bond donors (Lipinski definition) is 1. The van der Waals surface area contributed by atoms with Crippen molar-refractivity contribution in [1.82, 2.24) is 4.98 Å². The topological polar surface area (TPSA) is 51.2 Å². The third-order valence-corrected chi connectivity index (χ3v) is 5.84. The Morgan fingerprint density at radius 2 is 1.74 bits per heavy atom. The van der Waals surface area contributed by atoms with E-state index in [0.29, 0.717) is 34.6 Å². The molecule has 1 unspecified atom stereocenters. The molecule has 34 heavy (non-hydrogen) atoms. The molecule has 0 aliphatic rings. The number of nitrogens with one attached hydrogen (secondary N) is 1. The summed E-state index contributed by atoms with van der Waals surface area (Å²) in [6.07, 6.45) is 7.26. The van der Waals surface area contributed by atoms with Crippen LogP contribution in [0.4, 0.5) is 5.69 Å². The Morgan fingerprint density at radius 1 is 1.00 bits per heavy atom. The van der Waals surface area contributed by atoms with E-state index in [0.717, 1.165) is 17.7 Å². The Balaban J connectivity index is 1.82. The molecule has 2 aromatic carbocycles. The summed E-state index contributed by atoms with van der Waals surface area (Å²) in [5.41, 5.74) is 4.57. The number of benzene rings is 2. The highest BCUT2D eigenvalue weighted by Crippen LogP contribution is 2.28. The van der Waals surface area contributed by atoms with Crippen molar-refractivity contribution in [2.45, 2.75) is 41.0 Å². The second kappa shape index (κ2) is 12.0. The van der Waals surface area contributed by atoms with E-state index >= 15 is 0 Å². The number of carbonyl (C=O) groups is 1. The lowest BCUT2D eigenvalue weighted by atomic mass is 9.93. The van der Waals surface area contributed by atoms with E-state index in [1.54, 1.807) is 18.3 Å². The smallest absolute Gasteiger partial charge is 0.255 e. The van der Waals surface area contributed by atoms with Gasteiger partial charge in [-0.05, 0) is 61.1 Å². The standard InChI is InChI=1S/C30H34N2O2/c1-6-22(4)17-25(18-23(5)21(2)3)29-20-28(15-16-31-29)34-27-14-10-13-26(19-27)32-30(33)24-11-8-7-9-12-24/h7-21,23H,6H2,1-5H3,(H,32,33)/b22-17?,25-18+. The SMILES string of the molecule is CCC(C)=C/C(=C\C(C)C(C)C)c1cc(Oc2cccc(NC(=O)c3ccccc3)c2)ccn1. The van der Waals surface area contributed by atoms with E-state index in [1.807, 2.05) is 54.6 Å². The van der Waals surface area contributed by atoms with Gasteiger partial charge in [0, 0.05) is 29.6 Å². The van der Waals surface area contributed by atoms with Gasteiger partial charge in [0.05, 0.1) is 5.69 Å². The molecular formula is C30H34N2O2. The molecule has 1 amide bonds. The second-order valence-corrected chi connectivity index (χ2v) is 8.90. The summed E-state index contributed by atoms with van der Waals surface area (Å²) in [6, 6.07) is 20.4. The Labute approximate surface area is 203 Å². The van der Waals surface area contributed by atoms with Crippen LogP contribution in [0.15, 0.2) is 90.7 Å². The van der Waals surface area contributed by atoms with Crippen LogP contribution in [0.2, 0.25) is 0 Å². The van der Waals surface area contributed by atoms with Gasteiger partial charge in [0.1, 0.15) is 11.5 Å². The highest BCUT2D eigenvalue weighted by atomic mass is 16.5. The fraction of sp³-hybridized carbons (Fsp3) is 0.267. The molecule has 1 atom stereocenters. The maximum absolute atomic E-state index is 12.5. The van der Waals surface area contributed by atoms with E-state index < -0.39 is 0 Å². The van der Waals surface area contributed by atoms with Crippen LogP contribution in [0.3, 0.4) is 0 Å². The zero-order chi connectivity index (χ0) is 24.5. The Morgan fingerprint density at radius 3 is 2.44 bits per heavy atom. The van der Waals surface area contributed by atoms with Gasteiger partial charge in [-0.3, -0.25) is 9.78 Å². The van der Waals surface area contributed by atoms with Gasteiger partial charge >= 0.3 is 0 Å². The van der Waals surface area contributed by atoms with E-state index in [9.17, 15) is 4.79 Å². The van der Waals surface area contributed by atoms with Gasteiger partial charge in [-0.15, -0.1) is 0 Å². The van der Waals surface area contributed by atoms with Crippen LogP contribution in [-0.2, 0) is 0 Å². The number of rotatable bonds is 9. The number of aromatic nitrogens is 1.